The number of nitrogens with one attached hydrogen (secondary N) is 1. The second kappa shape index (κ2) is 5.72. The number of thioether (sulfide) groups is 1. The highest BCUT2D eigenvalue weighted by Crippen LogP contribution is 2.22. The second-order valence-corrected chi connectivity index (χ2v) is 5.51. The van der Waals surface area contributed by atoms with Crippen LogP contribution in [-0.4, -0.2) is 40.9 Å². The maximum absolute atomic E-state index is 11.7. The predicted molar refractivity (Wildman–Crippen MR) is 64.4 cm³/mol. The molecule has 1 rings (SSSR count). The third-order valence-electron chi connectivity index (χ3n) is 2.82. The van der Waals surface area contributed by atoms with Crippen molar-refractivity contribution in [1.82, 2.24) is 10.3 Å². The number of hydrogen-bond donors (Lipinski definition) is 2. The molecule has 0 spiro atoms. The van der Waals surface area contributed by atoms with E-state index in [0.29, 0.717) is 12.0 Å². The number of rotatable bonds is 3. The molecule has 0 aromatic carbocycles. The highest BCUT2D eigenvalue weighted by Gasteiger charge is 2.32. The zero-order chi connectivity index (χ0) is 11.4. The molecule has 2 atom stereocenters. The maximum Gasteiger partial charge on any atom is 0.251 e. The molecule has 0 aromatic rings. The minimum Gasteiger partial charge on any atom is -0.293 e. The van der Waals surface area contributed by atoms with Gasteiger partial charge in [0.05, 0.1) is 6.04 Å². The quantitative estimate of drug-likeness (QED) is 0.420. The number of nitrogens with zero attached hydrogens (tertiary/aromatic N) is 1. The number of amides is 1. The van der Waals surface area contributed by atoms with E-state index in [-0.39, 0.29) is 11.9 Å². The molecule has 4 nitrogen and oxygen atoms in total. The van der Waals surface area contributed by atoms with Gasteiger partial charge in [-0.3, -0.25) is 15.1 Å². The zero-order valence-corrected chi connectivity index (χ0v) is 10.5. The van der Waals surface area contributed by atoms with Gasteiger partial charge >= 0.3 is 0 Å². The molecular formula is C10H21N3OS. The molecule has 0 bridgehead atoms. The van der Waals surface area contributed by atoms with E-state index in [1.54, 1.807) is 0 Å². The highest BCUT2D eigenvalue weighted by atomic mass is 32.2. The van der Waals surface area contributed by atoms with E-state index in [2.05, 4.69) is 31.1 Å². The summed E-state index contributed by atoms with van der Waals surface area (Å²) in [5.74, 6) is 7.66. The number of hydrogen-bond acceptors (Lipinski definition) is 4. The lowest BCUT2D eigenvalue weighted by atomic mass is 10.0. The smallest absolute Gasteiger partial charge is 0.251 e. The Labute approximate surface area is 95.9 Å². The van der Waals surface area contributed by atoms with Gasteiger partial charge in [0.25, 0.3) is 5.91 Å². The molecule has 2 unspecified atom stereocenters. The van der Waals surface area contributed by atoms with Gasteiger partial charge in [-0.1, -0.05) is 13.8 Å². The normalized spacial score (nSPS) is 25.3. The fourth-order valence-electron chi connectivity index (χ4n) is 2.07. The van der Waals surface area contributed by atoms with Crippen molar-refractivity contribution >= 4 is 17.7 Å². The van der Waals surface area contributed by atoms with Crippen molar-refractivity contribution in [3.63, 3.8) is 0 Å². The first-order chi connectivity index (χ1) is 7.07. The van der Waals surface area contributed by atoms with Crippen LogP contribution in [0.15, 0.2) is 0 Å². The molecule has 0 saturated carbocycles. The molecule has 0 aliphatic carbocycles. The van der Waals surface area contributed by atoms with Crippen molar-refractivity contribution in [2.75, 3.05) is 18.1 Å². The number of carbonyl (C=O) groups excluding carboxylic acids is 1. The van der Waals surface area contributed by atoms with Gasteiger partial charge in [-0.25, -0.2) is 5.84 Å². The lowest BCUT2D eigenvalue weighted by molar-refractivity contribution is -0.128. The van der Waals surface area contributed by atoms with Gasteiger partial charge in [0.1, 0.15) is 0 Å². The molecule has 1 aliphatic heterocycles. The number of carbonyl (C=O) groups is 1. The van der Waals surface area contributed by atoms with Crippen molar-refractivity contribution in [3.8, 4) is 0 Å². The lowest BCUT2D eigenvalue weighted by Gasteiger charge is -2.40. The van der Waals surface area contributed by atoms with E-state index < -0.39 is 0 Å². The molecule has 1 heterocycles. The topological polar surface area (TPSA) is 58.4 Å². The second-order valence-electron chi connectivity index (χ2n) is 4.36. The fraction of sp³-hybridized carbons (Fsp3) is 0.900. The van der Waals surface area contributed by atoms with Gasteiger partial charge in [-0.05, 0) is 12.8 Å². The van der Waals surface area contributed by atoms with Gasteiger partial charge in [0, 0.05) is 24.1 Å². The zero-order valence-electron chi connectivity index (χ0n) is 9.69. The van der Waals surface area contributed by atoms with Crippen LogP contribution in [0.5, 0.6) is 0 Å². The maximum atomic E-state index is 11.7. The van der Waals surface area contributed by atoms with E-state index in [4.69, 9.17) is 5.84 Å². The molecule has 1 aliphatic rings. The molecule has 1 fully saturated rings. The molecule has 15 heavy (non-hydrogen) atoms. The largest absolute Gasteiger partial charge is 0.293 e. The molecule has 3 N–H and O–H groups in total. The fourth-order valence-corrected chi connectivity index (χ4v) is 3.11. The summed E-state index contributed by atoms with van der Waals surface area (Å²) < 4.78 is 0. The van der Waals surface area contributed by atoms with E-state index >= 15 is 0 Å². The minimum atomic E-state index is -0.0918. The van der Waals surface area contributed by atoms with Crippen molar-refractivity contribution in [2.24, 2.45) is 11.8 Å². The summed E-state index contributed by atoms with van der Waals surface area (Å²) in [7, 11) is 0. The Morgan fingerprint density at radius 2 is 2.27 bits per heavy atom. The van der Waals surface area contributed by atoms with E-state index in [9.17, 15) is 4.79 Å². The third kappa shape index (κ3) is 3.09. The Morgan fingerprint density at radius 3 is 2.73 bits per heavy atom. The Kier molecular flexibility index (Phi) is 4.89. The van der Waals surface area contributed by atoms with Crippen LogP contribution >= 0.6 is 11.8 Å². The first kappa shape index (κ1) is 12.8. The lowest BCUT2D eigenvalue weighted by Crippen LogP contribution is -2.56. The van der Waals surface area contributed by atoms with Crippen LogP contribution in [0.4, 0.5) is 0 Å². The first-order valence-electron chi connectivity index (χ1n) is 5.42. The Hall–Kier alpha value is -0.260. The average molecular weight is 231 g/mol. The Bertz CT molecular complexity index is 223. The monoisotopic (exact) mass is 231 g/mol. The summed E-state index contributed by atoms with van der Waals surface area (Å²) in [5, 5.41) is 0. The average Bonchev–Trinajstić information content (AvgIpc) is 2.20. The van der Waals surface area contributed by atoms with Crippen LogP contribution in [0.2, 0.25) is 0 Å². The van der Waals surface area contributed by atoms with Gasteiger partial charge in [0.15, 0.2) is 0 Å². The van der Waals surface area contributed by atoms with Crippen LogP contribution in [0.3, 0.4) is 0 Å². The van der Waals surface area contributed by atoms with Crippen LogP contribution in [0, 0.1) is 5.92 Å². The predicted octanol–water partition coefficient (Wildman–Crippen LogP) is 0.438. The van der Waals surface area contributed by atoms with Gasteiger partial charge in [-0.15, -0.1) is 0 Å². The molecule has 1 saturated heterocycles. The summed E-state index contributed by atoms with van der Waals surface area (Å²) in [6.45, 7) is 7.27. The summed E-state index contributed by atoms with van der Waals surface area (Å²) in [4.78, 5) is 14.0. The molecule has 5 heteroatoms. The van der Waals surface area contributed by atoms with Crippen molar-refractivity contribution in [1.29, 1.82) is 0 Å². The first-order valence-corrected chi connectivity index (χ1v) is 6.57. The standard InChI is InChI=1S/C10H21N3OS/c1-7(2)9(10(14)12-11)13-4-5-15-6-8(13)3/h7-9H,4-6,11H2,1-3H3,(H,12,14). The Balaban J connectivity index is 2.73. The van der Waals surface area contributed by atoms with Gasteiger partial charge in [0.2, 0.25) is 0 Å². The van der Waals surface area contributed by atoms with Crippen LogP contribution in [0.1, 0.15) is 20.8 Å². The van der Waals surface area contributed by atoms with Crippen LogP contribution < -0.4 is 11.3 Å². The summed E-state index contributed by atoms with van der Waals surface area (Å²) in [6, 6.07) is 0.361. The van der Waals surface area contributed by atoms with Crippen LogP contribution in [-0.2, 0) is 4.79 Å². The number of hydrazine groups is 1. The number of nitrogens with two attached hydrogens (primary N) is 1. The van der Waals surface area contributed by atoms with E-state index in [1.807, 2.05) is 11.8 Å². The van der Waals surface area contributed by atoms with Gasteiger partial charge in [-0.2, -0.15) is 11.8 Å². The summed E-state index contributed by atoms with van der Waals surface area (Å²) in [6.07, 6.45) is 0. The van der Waals surface area contributed by atoms with E-state index in [0.717, 1.165) is 18.1 Å². The molecule has 88 valence electrons. The molecule has 0 aromatic heterocycles. The highest BCUT2D eigenvalue weighted by molar-refractivity contribution is 7.99. The molecular weight excluding hydrogens is 210 g/mol. The molecule has 0 radical (unpaired) electrons. The van der Waals surface area contributed by atoms with Gasteiger partial charge < -0.3 is 0 Å². The van der Waals surface area contributed by atoms with Crippen LogP contribution in [0.25, 0.3) is 0 Å². The van der Waals surface area contributed by atoms with Crippen molar-refractivity contribution < 1.29 is 4.79 Å². The SMILES string of the molecule is CC(C)C(C(=O)NN)N1CCSCC1C. The summed E-state index contributed by atoms with van der Waals surface area (Å²) in [5.41, 5.74) is 2.28. The third-order valence-corrected chi connectivity index (χ3v) is 4.01. The minimum absolute atomic E-state index is 0.0660. The molecule has 1 amide bonds. The Morgan fingerprint density at radius 1 is 1.60 bits per heavy atom. The summed E-state index contributed by atoms with van der Waals surface area (Å²) >= 11 is 1.95. The van der Waals surface area contributed by atoms with E-state index in [1.165, 1.54) is 0 Å². The van der Waals surface area contributed by atoms with Crippen molar-refractivity contribution in [3.05, 3.63) is 0 Å². The van der Waals surface area contributed by atoms with Crippen molar-refractivity contribution in [2.45, 2.75) is 32.9 Å².